The first kappa shape index (κ1) is 17.6. The zero-order valence-corrected chi connectivity index (χ0v) is 15.0. The van der Waals surface area contributed by atoms with E-state index in [4.69, 9.17) is 0 Å². The van der Waals surface area contributed by atoms with Gasteiger partial charge in [0.05, 0.1) is 5.69 Å². The summed E-state index contributed by atoms with van der Waals surface area (Å²) in [6.45, 7) is 1.34. The SMILES string of the molecule is Cc1ccc(NC(=O)Cn2ncn3nc(-c4ccccc4)cc3c2=O)cc1F. The van der Waals surface area contributed by atoms with Gasteiger partial charge in [0.2, 0.25) is 5.91 Å². The third-order valence-electron chi connectivity index (χ3n) is 4.31. The van der Waals surface area contributed by atoms with Crippen LogP contribution in [0, 0.1) is 12.7 Å². The number of anilines is 1. The summed E-state index contributed by atoms with van der Waals surface area (Å²) in [5.74, 6) is -0.896. The van der Waals surface area contributed by atoms with Crippen molar-refractivity contribution in [3.63, 3.8) is 0 Å². The number of rotatable bonds is 4. The Kier molecular flexibility index (Phi) is 4.44. The van der Waals surface area contributed by atoms with Crippen LogP contribution in [0.1, 0.15) is 5.56 Å². The third kappa shape index (κ3) is 3.39. The number of fused-ring (bicyclic) bond motifs is 1. The molecular weight excluding hydrogens is 361 g/mol. The molecule has 0 fully saturated rings. The zero-order valence-electron chi connectivity index (χ0n) is 15.0. The van der Waals surface area contributed by atoms with Crippen molar-refractivity contribution in [1.29, 1.82) is 0 Å². The minimum atomic E-state index is -0.481. The molecule has 0 aliphatic rings. The van der Waals surface area contributed by atoms with Crippen LogP contribution in [0.3, 0.4) is 0 Å². The molecule has 4 rings (SSSR count). The first-order valence-electron chi connectivity index (χ1n) is 8.58. The fourth-order valence-electron chi connectivity index (χ4n) is 2.81. The molecule has 0 radical (unpaired) electrons. The summed E-state index contributed by atoms with van der Waals surface area (Å²) >= 11 is 0. The second-order valence-corrected chi connectivity index (χ2v) is 6.33. The Hall–Kier alpha value is -3.81. The van der Waals surface area contributed by atoms with Crippen LogP contribution in [-0.4, -0.2) is 25.3 Å². The molecule has 7 nitrogen and oxygen atoms in total. The first-order valence-corrected chi connectivity index (χ1v) is 8.58. The number of carbonyl (C=O) groups excluding carboxylic acids is 1. The highest BCUT2D eigenvalue weighted by Crippen LogP contribution is 2.17. The third-order valence-corrected chi connectivity index (χ3v) is 4.31. The Morgan fingerprint density at radius 3 is 2.68 bits per heavy atom. The molecule has 1 N–H and O–H groups in total. The van der Waals surface area contributed by atoms with E-state index in [-0.39, 0.29) is 6.54 Å². The van der Waals surface area contributed by atoms with Crippen molar-refractivity contribution < 1.29 is 9.18 Å². The van der Waals surface area contributed by atoms with Crippen LogP contribution in [0.2, 0.25) is 0 Å². The molecule has 2 aromatic carbocycles. The molecule has 8 heteroatoms. The van der Waals surface area contributed by atoms with E-state index >= 15 is 0 Å². The van der Waals surface area contributed by atoms with Crippen molar-refractivity contribution in [2.45, 2.75) is 13.5 Å². The average molecular weight is 377 g/mol. The second kappa shape index (κ2) is 7.07. The molecular formula is C20H16FN5O2. The Balaban J connectivity index is 1.58. The first-order chi connectivity index (χ1) is 13.5. The number of benzene rings is 2. The van der Waals surface area contributed by atoms with E-state index in [0.29, 0.717) is 22.5 Å². The Morgan fingerprint density at radius 1 is 1.14 bits per heavy atom. The van der Waals surface area contributed by atoms with Crippen LogP contribution < -0.4 is 10.9 Å². The fraction of sp³-hybridized carbons (Fsp3) is 0.100. The molecule has 140 valence electrons. The number of nitrogens with zero attached hydrogens (tertiary/aromatic N) is 4. The molecule has 0 spiro atoms. The van der Waals surface area contributed by atoms with E-state index in [0.717, 1.165) is 10.2 Å². The lowest BCUT2D eigenvalue weighted by molar-refractivity contribution is -0.117. The van der Waals surface area contributed by atoms with Crippen LogP contribution in [0.25, 0.3) is 16.8 Å². The van der Waals surface area contributed by atoms with Crippen molar-refractivity contribution in [1.82, 2.24) is 19.4 Å². The number of halogens is 1. The quantitative estimate of drug-likeness (QED) is 0.593. The number of hydrogen-bond donors (Lipinski definition) is 1. The number of aryl methyl sites for hydroxylation is 1. The number of aromatic nitrogens is 4. The van der Waals surface area contributed by atoms with Gasteiger partial charge in [-0.2, -0.15) is 10.2 Å². The second-order valence-electron chi connectivity index (χ2n) is 6.33. The van der Waals surface area contributed by atoms with Crippen molar-refractivity contribution in [2.75, 3.05) is 5.32 Å². The highest BCUT2D eigenvalue weighted by molar-refractivity contribution is 5.90. The highest BCUT2D eigenvalue weighted by Gasteiger charge is 2.12. The van der Waals surface area contributed by atoms with Gasteiger partial charge in [-0.1, -0.05) is 36.4 Å². The number of hydrogen-bond acceptors (Lipinski definition) is 4. The van der Waals surface area contributed by atoms with E-state index < -0.39 is 17.3 Å². The fourth-order valence-corrected chi connectivity index (χ4v) is 2.81. The van der Waals surface area contributed by atoms with Gasteiger partial charge in [0, 0.05) is 11.3 Å². The lowest BCUT2D eigenvalue weighted by atomic mass is 10.1. The summed E-state index contributed by atoms with van der Waals surface area (Å²) in [7, 11) is 0. The molecule has 2 aromatic heterocycles. The van der Waals surface area contributed by atoms with Crippen LogP contribution in [0.4, 0.5) is 10.1 Å². The predicted molar refractivity (Wildman–Crippen MR) is 102 cm³/mol. The predicted octanol–water partition coefficient (Wildman–Crippen LogP) is 2.64. The minimum Gasteiger partial charge on any atom is -0.324 e. The van der Waals surface area contributed by atoms with Gasteiger partial charge < -0.3 is 5.32 Å². The maximum Gasteiger partial charge on any atom is 0.293 e. The van der Waals surface area contributed by atoms with Crippen molar-refractivity contribution in [3.05, 3.63) is 82.7 Å². The van der Waals surface area contributed by atoms with Crippen LogP contribution in [0.5, 0.6) is 0 Å². The number of carbonyl (C=O) groups is 1. The maximum atomic E-state index is 13.6. The van der Waals surface area contributed by atoms with E-state index in [1.54, 1.807) is 25.1 Å². The summed E-state index contributed by atoms with van der Waals surface area (Å²) < 4.78 is 16.0. The maximum absolute atomic E-state index is 13.6. The van der Waals surface area contributed by atoms with Gasteiger partial charge in [0.25, 0.3) is 5.56 Å². The monoisotopic (exact) mass is 377 g/mol. The molecule has 2 heterocycles. The van der Waals surface area contributed by atoms with Gasteiger partial charge >= 0.3 is 0 Å². The molecule has 0 bridgehead atoms. The van der Waals surface area contributed by atoms with E-state index in [1.165, 1.54) is 16.9 Å². The zero-order chi connectivity index (χ0) is 19.7. The molecule has 0 saturated heterocycles. The number of amides is 1. The normalized spacial score (nSPS) is 10.9. The molecule has 1 amide bonds. The van der Waals surface area contributed by atoms with Gasteiger partial charge in [0.1, 0.15) is 24.2 Å². The molecule has 0 unspecified atom stereocenters. The molecule has 0 atom stereocenters. The summed E-state index contributed by atoms with van der Waals surface area (Å²) in [6, 6.07) is 15.5. The molecule has 0 aliphatic heterocycles. The number of nitrogens with one attached hydrogen (secondary N) is 1. The summed E-state index contributed by atoms with van der Waals surface area (Å²) in [4.78, 5) is 24.9. The lowest BCUT2D eigenvalue weighted by Crippen LogP contribution is -2.30. The van der Waals surface area contributed by atoms with Crippen molar-refractivity contribution >= 4 is 17.1 Å². The molecule has 4 aromatic rings. The minimum absolute atomic E-state index is 0.295. The summed E-state index contributed by atoms with van der Waals surface area (Å²) in [6.07, 6.45) is 1.38. The van der Waals surface area contributed by atoms with Crippen LogP contribution in [0.15, 0.2) is 65.7 Å². The molecule has 0 aliphatic carbocycles. The van der Waals surface area contributed by atoms with Gasteiger partial charge in [-0.15, -0.1) is 0 Å². The van der Waals surface area contributed by atoms with Crippen LogP contribution in [-0.2, 0) is 11.3 Å². The molecule has 0 saturated carbocycles. The summed E-state index contributed by atoms with van der Waals surface area (Å²) in [5.41, 5.74) is 2.17. The van der Waals surface area contributed by atoms with Gasteiger partial charge in [-0.25, -0.2) is 13.6 Å². The topological polar surface area (TPSA) is 81.3 Å². The van der Waals surface area contributed by atoms with Gasteiger partial charge in [-0.3, -0.25) is 9.59 Å². The Labute approximate surface area is 159 Å². The summed E-state index contributed by atoms with van der Waals surface area (Å²) in [5, 5.41) is 10.9. The van der Waals surface area contributed by atoms with Crippen molar-refractivity contribution in [3.8, 4) is 11.3 Å². The largest absolute Gasteiger partial charge is 0.324 e. The highest BCUT2D eigenvalue weighted by atomic mass is 19.1. The van der Waals surface area contributed by atoms with E-state index in [9.17, 15) is 14.0 Å². The Morgan fingerprint density at radius 2 is 1.93 bits per heavy atom. The lowest BCUT2D eigenvalue weighted by Gasteiger charge is -2.07. The van der Waals surface area contributed by atoms with Crippen molar-refractivity contribution in [2.24, 2.45) is 0 Å². The Bertz CT molecular complexity index is 1230. The van der Waals surface area contributed by atoms with Gasteiger partial charge in [0.15, 0.2) is 0 Å². The van der Waals surface area contributed by atoms with E-state index in [1.807, 2.05) is 30.3 Å². The average Bonchev–Trinajstić information content (AvgIpc) is 3.13. The van der Waals surface area contributed by atoms with Gasteiger partial charge in [-0.05, 0) is 30.7 Å². The standard InChI is InChI=1S/C20H16FN5O2/c1-13-7-8-15(9-16(13)21)23-19(27)11-25-20(28)18-10-17(24-26(18)12-22-25)14-5-3-2-4-6-14/h2-10,12H,11H2,1H3,(H,23,27). The van der Waals surface area contributed by atoms with Crippen LogP contribution >= 0.6 is 0 Å². The smallest absolute Gasteiger partial charge is 0.293 e. The molecule has 28 heavy (non-hydrogen) atoms. The van der Waals surface area contributed by atoms with E-state index in [2.05, 4.69) is 15.5 Å².